The van der Waals surface area contributed by atoms with Crippen molar-refractivity contribution in [3.63, 3.8) is 0 Å². The van der Waals surface area contributed by atoms with Crippen LogP contribution in [-0.2, 0) is 20.7 Å². The molecule has 0 amide bonds. The van der Waals surface area contributed by atoms with Gasteiger partial charge in [0.1, 0.15) is 11.5 Å². The molecular weight excluding hydrogens is 625 g/mol. The van der Waals surface area contributed by atoms with E-state index in [4.69, 9.17) is 9.10 Å². The Bertz CT molecular complexity index is 2590. The Kier molecular flexibility index (Phi) is 5.90. The third-order valence-electron chi connectivity index (χ3n) is 10.6. The first-order valence-electron chi connectivity index (χ1n) is 18.3. The van der Waals surface area contributed by atoms with Crippen molar-refractivity contribution in [1.29, 1.82) is 0 Å². The van der Waals surface area contributed by atoms with Gasteiger partial charge in [0.2, 0.25) is 9.84 Å². The van der Waals surface area contributed by atoms with Crippen molar-refractivity contribution in [2.45, 2.75) is 76.0 Å². The standard InChI is InChI=1S/C42H45N4O2S/c1-27-18-38-39(19-28(27)2)46(25-45(38,9)26-46)31-20-30(42(6,7)8)21-33(23-31)49(47,48)32-14-15-35-34-12-10-11-13-36(34)44(37(35)24-32)40-22-29(16-17-43-40)41(3,4)5/h10-25H,26H2,1-9H3/q+1/t45-,46+/m0/s1/i9D3. The molecule has 7 heteroatoms. The Morgan fingerprint density at radius 3 is 2.12 bits per heavy atom. The highest BCUT2D eigenvalue weighted by molar-refractivity contribution is 7.91. The van der Waals surface area contributed by atoms with E-state index >= 15 is 0 Å². The average molecular weight is 673 g/mol. The molecule has 0 unspecified atom stereocenters. The van der Waals surface area contributed by atoms with Gasteiger partial charge in [0.05, 0.1) is 38.6 Å². The van der Waals surface area contributed by atoms with Gasteiger partial charge in [0.15, 0.2) is 18.0 Å². The van der Waals surface area contributed by atoms with Crippen molar-refractivity contribution in [2.24, 2.45) is 0 Å². The van der Waals surface area contributed by atoms with E-state index in [-0.39, 0.29) is 36.3 Å². The molecule has 3 aliphatic rings. The van der Waals surface area contributed by atoms with Gasteiger partial charge in [-0.05, 0) is 83.3 Å². The Morgan fingerprint density at radius 2 is 1.43 bits per heavy atom. The Balaban J connectivity index is 1.33. The summed E-state index contributed by atoms with van der Waals surface area (Å²) in [6.45, 7) is 16.5. The number of hydrogen-bond acceptors (Lipinski definition) is 3. The summed E-state index contributed by atoms with van der Waals surface area (Å²) < 4.78 is 57.5. The fourth-order valence-electron chi connectivity index (χ4n) is 7.56. The van der Waals surface area contributed by atoms with Gasteiger partial charge in [0, 0.05) is 41.2 Å². The normalized spacial score (nSPS) is 21.7. The second-order valence-electron chi connectivity index (χ2n) is 16.1. The van der Waals surface area contributed by atoms with Crippen LogP contribution >= 0.6 is 0 Å². The molecule has 5 heterocycles. The highest BCUT2D eigenvalue weighted by Crippen LogP contribution is 2.61. The summed E-state index contributed by atoms with van der Waals surface area (Å²) in [6, 6.07) is 27.2. The van der Waals surface area contributed by atoms with Crippen LogP contribution in [0.1, 0.15) is 67.9 Å². The number of rotatable bonds is 4. The molecular formula is C42H45N4O2S+. The number of benzene rings is 4. The molecule has 2 aromatic heterocycles. The predicted octanol–water partition coefficient (Wildman–Crippen LogP) is 9.90. The molecule has 0 aliphatic carbocycles. The minimum Gasteiger partial charge on any atom is -0.325 e. The van der Waals surface area contributed by atoms with Crippen LogP contribution in [0.2, 0.25) is 0 Å². The van der Waals surface area contributed by atoms with Crippen molar-refractivity contribution in [3.8, 4) is 5.82 Å². The maximum Gasteiger partial charge on any atom is 0.206 e. The first-order valence-corrected chi connectivity index (χ1v) is 18.3. The van der Waals surface area contributed by atoms with Crippen LogP contribution in [0.4, 0.5) is 17.1 Å². The lowest BCUT2D eigenvalue weighted by atomic mass is 9.86. The van der Waals surface area contributed by atoms with Gasteiger partial charge >= 0.3 is 0 Å². The minimum absolute atomic E-state index is 0.101. The van der Waals surface area contributed by atoms with Crippen molar-refractivity contribution < 1.29 is 12.5 Å². The number of para-hydroxylation sites is 1. The summed E-state index contributed by atoms with van der Waals surface area (Å²) in [5.74, 6) is 0.725. The highest BCUT2D eigenvalue weighted by Gasteiger charge is 2.59. The summed E-state index contributed by atoms with van der Waals surface area (Å²) in [6.07, 6.45) is 1.81. The van der Waals surface area contributed by atoms with E-state index in [0.29, 0.717) is 0 Å². The zero-order chi connectivity index (χ0) is 37.4. The molecule has 2 atom stereocenters. The largest absolute Gasteiger partial charge is 0.325 e. The van der Waals surface area contributed by atoms with Gasteiger partial charge in [-0.25, -0.2) is 13.4 Å². The summed E-state index contributed by atoms with van der Waals surface area (Å²) in [4.78, 5) is 5.14. The molecule has 2 bridgehead atoms. The molecule has 0 N–H and O–H groups in total. The van der Waals surface area contributed by atoms with Crippen molar-refractivity contribution >= 4 is 48.7 Å². The topological polar surface area (TPSA) is 52.0 Å². The quantitative estimate of drug-likeness (QED) is 0.138. The number of sulfone groups is 1. The lowest BCUT2D eigenvalue weighted by Crippen LogP contribution is -2.68. The van der Waals surface area contributed by atoms with Gasteiger partial charge in [-0.3, -0.25) is 9.05 Å². The second-order valence-corrected chi connectivity index (χ2v) is 18.0. The number of fused-ring (bicyclic) bond motifs is 3. The van der Waals surface area contributed by atoms with Crippen molar-refractivity contribution in [3.05, 3.63) is 120 Å². The Hall–Kier alpha value is -4.30. The smallest absolute Gasteiger partial charge is 0.206 e. The van der Waals surface area contributed by atoms with Crippen molar-refractivity contribution in [2.75, 3.05) is 13.6 Å². The molecule has 6 nitrogen and oxygen atoms in total. The predicted molar refractivity (Wildman–Crippen MR) is 202 cm³/mol. The van der Waals surface area contributed by atoms with E-state index in [2.05, 4.69) is 70.4 Å². The van der Waals surface area contributed by atoms with Crippen LogP contribution in [0.5, 0.6) is 0 Å². The number of aromatic nitrogens is 2. The number of pyridine rings is 1. The number of aryl methyl sites for hydroxylation is 2. The van der Waals surface area contributed by atoms with Gasteiger partial charge < -0.3 is 4.48 Å². The van der Waals surface area contributed by atoms with E-state index in [1.807, 2.05) is 63.1 Å². The molecule has 6 aromatic rings. The summed E-state index contributed by atoms with van der Waals surface area (Å²) >= 11 is 0. The molecule has 49 heavy (non-hydrogen) atoms. The van der Waals surface area contributed by atoms with Crippen LogP contribution in [0.25, 0.3) is 27.6 Å². The highest BCUT2D eigenvalue weighted by atomic mass is 32.2. The van der Waals surface area contributed by atoms with E-state index in [0.717, 1.165) is 66.9 Å². The number of hydrogen-bond donors (Lipinski definition) is 0. The van der Waals surface area contributed by atoms with Crippen molar-refractivity contribution in [1.82, 2.24) is 18.5 Å². The Labute approximate surface area is 294 Å². The zero-order valence-corrected chi connectivity index (χ0v) is 30.3. The molecule has 0 saturated carbocycles. The summed E-state index contributed by atoms with van der Waals surface area (Å²) in [5, 5.41) is 1.95. The fraction of sp³-hybridized carbons (Fsp3) is 0.286. The fourth-order valence-corrected chi connectivity index (χ4v) is 8.91. The molecule has 3 aliphatic heterocycles. The molecule has 0 radical (unpaired) electrons. The molecule has 0 spiro atoms. The van der Waals surface area contributed by atoms with Gasteiger partial charge in [0.25, 0.3) is 0 Å². The van der Waals surface area contributed by atoms with Crippen LogP contribution in [0.3, 0.4) is 0 Å². The maximum absolute atomic E-state index is 14.9. The summed E-state index contributed by atoms with van der Waals surface area (Å²) in [7, 11) is -4.05. The van der Waals surface area contributed by atoms with E-state index in [1.54, 1.807) is 24.3 Å². The van der Waals surface area contributed by atoms with E-state index < -0.39 is 16.8 Å². The first-order chi connectivity index (χ1) is 24.2. The molecule has 9 rings (SSSR count). The second kappa shape index (κ2) is 10.1. The maximum atomic E-state index is 14.9. The Morgan fingerprint density at radius 1 is 0.755 bits per heavy atom. The van der Waals surface area contributed by atoms with Crippen LogP contribution < -0.4 is 8.97 Å². The monoisotopic (exact) mass is 672 g/mol. The van der Waals surface area contributed by atoms with Crippen LogP contribution in [0.15, 0.2) is 101 Å². The van der Waals surface area contributed by atoms with Gasteiger partial charge in [-0.2, -0.15) is 0 Å². The van der Waals surface area contributed by atoms with Crippen LogP contribution in [-0.4, -0.2) is 31.6 Å². The van der Waals surface area contributed by atoms with E-state index in [1.165, 1.54) is 0 Å². The number of nitrogens with zero attached hydrogens (tertiary/aromatic N) is 4. The molecule has 1 saturated heterocycles. The van der Waals surface area contributed by atoms with Gasteiger partial charge in [-0.15, -0.1) is 0 Å². The third kappa shape index (κ3) is 4.66. The lowest BCUT2D eigenvalue weighted by Gasteiger charge is -2.55. The first kappa shape index (κ1) is 28.5. The van der Waals surface area contributed by atoms with Gasteiger partial charge in [-0.1, -0.05) is 65.8 Å². The lowest BCUT2D eigenvalue weighted by molar-refractivity contribution is 0.157. The number of quaternary nitrogens is 2. The zero-order valence-electron chi connectivity index (χ0n) is 32.5. The molecule has 4 aromatic carbocycles. The van der Waals surface area contributed by atoms with E-state index in [9.17, 15) is 8.42 Å². The average Bonchev–Trinajstić information content (AvgIpc) is 3.64. The molecule has 250 valence electrons. The molecule has 1 fully saturated rings. The van der Waals surface area contributed by atoms with Crippen LogP contribution in [0, 0.1) is 20.5 Å². The summed E-state index contributed by atoms with van der Waals surface area (Å²) in [5.41, 5.74) is 7.66. The SMILES string of the molecule is [2H]C([2H])([2H])[N@+]12[CH-][N@+](c3cc(C(C)(C)C)cc(S(=O)(=O)c4ccc5c6ccccc6n(-c6cc(C(C)(C)C)ccn6)c5c4)c3)(C1)c1cc(C)c(C)cc12. The minimum atomic E-state index is -4.05. The third-order valence-corrected chi connectivity index (χ3v) is 12.3.